The summed E-state index contributed by atoms with van der Waals surface area (Å²) in [6.07, 6.45) is -0.0805. The first-order valence-corrected chi connectivity index (χ1v) is 10.8. The van der Waals surface area contributed by atoms with Crippen molar-refractivity contribution in [1.29, 1.82) is 0 Å². The molecule has 8 nitrogen and oxygen atoms in total. The fourth-order valence-corrected chi connectivity index (χ4v) is 4.03. The van der Waals surface area contributed by atoms with Crippen LogP contribution in [-0.2, 0) is 22.9 Å². The topological polar surface area (TPSA) is 97.6 Å². The third-order valence-corrected chi connectivity index (χ3v) is 5.77. The van der Waals surface area contributed by atoms with Crippen LogP contribution < -0.4 is 10.1 Å². The van der Waals surface area contributed by atoms with Gasteiger partial charge in [0.05, 0.1) is 12.0 Å². The summed E-state index contributed by atoms with van der Waals surface area (Å²) in [6, 6.07) is 5.64. The first-order chi connectivity index (χ1) is 16.2. The van der Waals surface area contributed by atoms with Crippen molar-refractivity contribution < 1.29 is 32.0 Å². The summed E-state index contributed by atoms with van der Waals surface area (Å²) in [5.74, 6) is -0.00319. The molecule has 0 bridgehead atoms. The molecule has 0 spiro atoms. The Morgan fingerprint density at radius 2 is 2.03 bits per heavy atom. The van der Waals surface area contributed by atoms with Gasteiger partial charge in [-0.25, -0.2) is 4.79 Å². The van der Waals surface area contributed by atoms with E-state index in [9.17, 15) is 22.8 Å². The van der Waals surface area contributed by atoms with Crippen molar-refractivity contribution in [1.82, 2.24) is 20.4 Å². The molecular formula is C23H23F3N4O4. The molecule has 4 rings (SSSR count). The first kappa shape index (κ1) is 23.5. The molecule has 1 aromatic carbocycles. The number of carbonyl (C=O) groups excluding carboxylic acids is 2. The molecule has 3 amide bonds. The summed E-state index contributed by atoms with van der Waals surface area (Å²) in [7, 11) is 0. The van der Waals surface area contributed by atoms with Crippen molar-refractivity contribution in [2.45, 2.75) is 44.8 Å². The summed E-state index contributed by atoms with van der Waals surface area (Å²) in [4.78, 5) is 30.5. The molecule has 180 valence electrons. The van der Waals surface area contributed by atoms with Gasteiger partial charge in [0.15, 0.2) is 11.3 Å². The molecule has 34 heavy (non-hydrogen) atoms. The lowest BCUT2D eigenvalue weighted by atomic mass is 9.93. The van der Waals surface area contributed by atoms with Gasteiger partial charge in [-0.05, 0) is 38.0 Å². The number of carbonyl (C=O) groups is 2. The van der Waals surface area contributed by atoms with E-state index in [-0.39, 0.29) is 30.0 Å². The summed E-state index contributed by atoms with van der Waals surface area (Å²) in [5, 5.41) is 5.80. The number of halogens is 3. The molecular weight excluding hydrogens is 453 g/mol. The number of rotatable bonds is 8. The number of aromatic nitrogens is 2. The van der Waals surface area contributed by atoms with Crippen LogP contribution in [0.25, 0.3) is 11.0 Å². The molecule has 1 saturated heterocycles. The molecule has 1 unspecified atom stereocenters. The zero-order valence-electron chi connectivity index (χ0n) is 18.6. The van der Waals surface area contributed by atoms with Crippen LogP contribution in [0.1, 0.15) is 43.5 Å². The number of urea groups is 1. The lowest BCUT2D eigenvalue weighted by Gasteiger charge is -2.21. The van der Waals surface area contributed by atoms with Crippen molar-refractivity contribution in [2.75, 3.05) is 13.2 Å². The maximum atomic E-state index is 13.2. The minimum atomic E-state index is -4.62. The highest BCUT2D eigenvalue weighted by molar-refractivity contribution is 6.07. The molecule has 0 saturated carbocycles. The van der Waals surface area contributed by atoms with Gasteiger partial charge in [0, 0.05) is 30.1 Å². The third kappa shape index (κ3) is 4.17. The summed E-state index contributed by atoms with van der Waals surface area (Å²) >= 11 is 0. The molecule has 2 aromatic heterocycles. The number of benzene rings is 1. The van der Waals surface area contributed by atoms with Gasteiger partial charge < -0.3 is 14.6 Å². The van der Waals surface area contributed by atoms with Crippen molar-refractivity contribution in [2.24, 2.45) is 0 Å². The number of ether oxygens (including phenoxy) is 1. The van der Waals surface area contributed by atoms with Crippen molar-refractivity contribution in [3.05, 3.63) is 53.5 Å². The second-order valence-corrected chi connectivity index (χ2v) is 8.15. The Hall–Kier alpha value is -3.63. The number of hydrogen-bond acceptors (Lipinski definition) is 6. The van der Waals surface area contributed by atoms with Crippen LogP contribution in [0.15, 0.2) is 41.2 Å². The highest BCUT2D eigenvalue weighted by atomic mass is 19.4. The second-order valence-electron chi connectivity index (χ2n) is 8.15. The van der Waals surface area contributed by atoms with Crippen LogP contribution in [-0.4, -0.2) is 40.1 Å². The Balaban J connectivity index is 1.44. The summed E-state index contributed by atoms with van der Waals surface area (Å²) in [6.45, 7) is 3.77. The normalized spacial score (nSPS) is 18.6. The molecule has 3 heterocycles. The predicted octanol–water partition coefficient (Wildman–Crippen LogP) is 4.43. The van der Waals surface area contributed by atoms with Gasteiger partial charge in [0.1, 0.15) is 11.3 Å². The van der Waals surface area contributed by atoms with Gasteiger partial charge in [0.25, 0.3) is 5.91 Å². The third-order valence-electron chi connectivity index (χ3n) is 5.77. The zero-order valence-corrected chi connectivity index (χ0v) is 18.6. The summed E-state index contributed by atoms with van der Waals surface area (Å²) < 4.78 is 50.3. The van der Waals surface area contributed by atoms with E-state index >= 15 is 0 Å². The number of hydrogen-bond donors (Lipinski definition) is 1. The maximum absolute atomic E-state index is 13.2. The smallest absolute Gasteiger partial charge is 0.437 e. The molecule has 1 aliphatic rings. The average molecular weight is 476 g/mol. The van der Waals surface area contributed by atoms with E-state index in [0.29, 0.717) is 36.1 Å². The van der Waals surface area contributed by atoms with Gasteiger partial charge >= 0.3 is 12.2 Å². The van der Waals surface area contributed by atoms with Crippen LogP contribution in [0.5, 0.6) is 5.75 Å². The lowest BCUT2D eigenvalue weighted by molar-refractivity contribution is -0.141. The minimum absolute atomic E-state index is 0.0491. The van der Waals surface area contributed by atoms with E-state index in [0.717, 1.165) is 4.90 Å². The Morgan fingerprint density at radius 1 is 1.24 bits per heavy atom. The van der Waals surface area contributed by atoms with E-state index in [4.69, 9.17) is 9.26 Å². The average Bonchev–Trinajstić information content (AvgIpc) is 3.33. The van der Waals surface area contributed by atoms with Gasteiger partial charge in [-0.1, -0.05) is 24.6 Å². The van der Waals surface area contributed by atoms with Gasteiger partial charge in [-0.2, -0.15) is 13.2 Å². The molecule has 0 aliphatic carbocycles. The van der Waals surface area contributed by atoms with E-state index in [1.165, 1.54) is 18.3 Å². The second kappa shape index (κ2) is 8.96. The molecule has 1 atom stereocenters. The van der Waals surface area contributed by atoms with Crippen LogP contribution in [0.3, 0.4) is 0 Å². The molecule has 3 aromatic rings. The minimum Gasteiger partial charge on any atom is -0.493 e. The molecule has 1 N–H and O–H groups in total. The Bertz CT molecular complexity index is 1210. The quantitative estimate of drug-likeness (QED) is 0.382. The number of nitrogens with zero attached hydrogens (tertiary/aromatic N) is 3. The summed E-state index contributed by atoms with van der Waals surface area (Å²) in [5.41, 5.74) is -1.14. The van der Waals surface area contributed by atoms with Crippen molar-refractivity contribution >= 4 is 22.9 Å². The molecule has 11 heteroatoms. The maximum Gasteiger partial charge on any atom is 0.437 e. The number of nitrogens with one attached hydrogen (secondary N) is 1. The fourth-order valence-electron chi connectivity index (χ4n) is 4.03. The number of alkyl halides is 3. The van der Waals surface area contributed by atoms with E-state index in [1.54, 1.807) is 25.3 Å². The number of pyridine rings is 1. The number of fused-ring (bicyclic) bond motifs is 1. The highest BCUT2D eigenvalue weighted by Crippen LogP contribution is 2.38. The van der Waals surface area contributed by atoms with Crippen molar-refractivity contribution in [3.63, 3.8) is 0 Å². The van der Waals surface area contributed by atoms with Gasteiger partial charge in [0.2, 0.25) is 0 Å². The largest absolute Gasteiger partial charge is 0.493 e. The molecule has 1 fully saturated rings. The van der Waals surface area contributed by atoms with E-state index in [2.05, 4.69) is 15.5 Å². The first-order valence-electron chi connectivity index (χ1n) is 10.8. The highest BCUT2D eigenvalue weighted by Gasteiger charge is 2.48. The van der Waals surface area contributed by atoms with Crippen LogP contribution in [0.4, 0.5) is 18.0 Å². The lowest BCUT2D eigenvalue weighted by Crippen LogP contribution is -2.41. The number of aryl methyl sites for hydroxylation is 1. The monoisotopic (exact) mass is 476 g/mol. The van der Waals surface area contributed by atoms with Crippen molar-refractivity contribution in [3.8, 4) is 5.75 Å². The fraction of sp³-hybridized carbons (Fsp3) is 0.391. The van der Waals surface area contributed by atoms with E-state index < -0.39 is 23.4 Å². The van der Waals surface area contributed by atoms with Crippen LogP contribution in [0.2, 0.25) is 0 Å². The Labute approximate surface area is 193 Å². The van der Waals surface area contributed by atoms with Gasteiger partial charge in [-0.15, -0.1) is 0 Å². The van der Waals surface area contributed by atoms with Gasteiger partial charge in [-0.3, -0.25) is 14.7 Å². The Morgan fingerprint density at radius 3 is 2.71 bits per heavy atom. The molecule has 1 aliphatic heterocycles. The zero-order chi connectivity index (χ0) is 24.5. The SMILES string of the molecule is CCCc1c(OCCCN2C(=O)NC(C)(c3cccnc3)C2=O)ccc2c(C(F)(F)F)noc12. The van der Waals surface area contributed by atoms with E-state index in [1.807, 2.05) is 6.92 Å². The predicted molar refractivity (Wildman–Crippen MR) is 115 cm³/mol. The van der Waals surface area contributed by atoms with Crippen LogP contribution >= 0.6 is 0 Å². The van der Waals surface area contributed by atoms with Crippen LogP contribution in [0, 0.1) is 0 Å². The Kier molecular flexibility index (Phi) is 6.20. The molecule has 0 radical (unpaired) electrons. The number of imide groups is 1. The standard InChI is InChI=1S/C23H23F3N4O4/c1-3-6-15-17(9-8-16-18(15)34-29-19(16)23(24,25)26)33-12-5-11-30-20(31)22(2,28-21(30)32)14-7-4-10-27-13-14/h4,7-10,13H,3,5-6,11-12H2,1-2H3,(H,28,32). The number of amides is 3.